The number of ether oxygens (including phenoxy) is 1. The molecule has 1 fully saturated rings. The third-order valence-corrected chi connectivity index (χ3v) is 4.83. The third-order valence-electron chi connectivity index (χ3n) is 4.29. The Hall–Kier alpha value is -1.82. The van der Waals surface area contributed by atoms with Gasteiger partial charge in [0.15, 0.2) is 0 Å². The Morgan fingerprint density at radius 2 is 1.73 bits per heavy atom. The van der Waals surface area contributed by atoms with Gasteiger partial charge in [0.05, 0.1) is 17.3 Å². The Morgan fingerprint density at radius 1 is 1.04 bits per heavy atom. The van der Waals surface area contributed by atoms with Gasteiger partial charge < -0.3 is 14.5 Å². The first-order valence-corrected chi connectivity index (χ1v) is 9.08. The van der Waals surface area contributed by atoms with Crippen LogP contribution < -0.4 is 4.90 Å². The first kappa shape index (κ1) is 19.0. The Morgan fingerprint density at radius 3 is 2.38 bits per heavy atom. The fourth-order valence-electron chi connectivity index (χ4n) is 2.86. The molecule has 2 aromatic carbocycles. The standard InChI is InChI=1S/C19H19Cl2FN2O2/c20-15-3-6-18(17(21)11-15)23-7-9-24(10-8-23)19(25)13-26-12-14-1-4-16(22)5-2-14/h1-6,11H,7-10,12-13H2. The first-order valence-electron chi connectivity index (χ1n) is 8.33. The van der Waals surface area contributed by atoms with Gasteiger partial charge in [0.25, 0.3) is 0 Å². The number of hydrogen-bond donors (Lipinski definition) is 0. The Bertz CT molecular complexity index is 763. The Labute approximate surface area is 162 Å². The summed E-state index contributed by atoms with van der Waals surface area (Å²) in [5, 5.41) is 1.21. The van der Waals surface area contributed by atoms with Crippen molar-refractivity contribution in [2.45, 2.75) is 6.61 Å². The molecule has 26 heavy (non-hydrogen) atoms. The summed E-state index contributed by atoms with van der Waals surface area (Å²) < 4.78 is 18.3. The molecule has 2 aromatic rings. The summed E-state index contributed by atoms with van der Waals surface area (Å²) in [6, 6.07) is 11.5. The van der Waals surface area contributed by atoms with Crippen molar-refractivity contribution >= 4 is 34.8 Å². The number of rotatable bonds is 5. The number of nitrogens with zero attached hydrogens (tertiary/aromatic N) is 2. The van der Waals surface area contributed by atoms with Crippen LogP contribution in [0.2, 0.25) is 10.0 Å². The lowest BCUT2D eigenvalue weighted by atomic mass is 10.2. The predicted octanol–water partition coefficient (Wildman–Crippen LogP) is 4.00. The minimum absolute atomic E-state index is 0.0130. The van der Waals surface area contributed by atoms with Crippen LogP contribution in [0.4, 0.5) is 10.1 Å². The number of carbonyl (C=O) groups is 1. The van der Waals surface area contributed by atoms with Crippen molar-refractivity contribution < 1.29 is 13.9 Å². The molecular formula is C19H19Cl2FN2O2. The van der Waals surface area contributed by atoms with E-state index in [1.165, 1.54) is 12.1 Å². The lowest BCUT2D eigenvalue weighted by Gasteiger charge is -2.36. The van der Waals surface area contributed by atoms with Gasteiger partial charge in [0.2, 0.25) is 5.91 Å². The monoisotopic (exact) mass is 396 g/mol. The van der Waals surface area contributed by atoms with Crippen molar-refractivity contribution in [1.82, 2.24) is 4.90 Å². The normalized spacial score (nSPS) is 14.6. The zero-order valence-electron chi connectivity index (χ0n) is 14.1. The van der Waals surface area contributed by atoms with Gasteiger partial charge in [-0.2, -0.15) is 0 Å². The minimum atomic E-state index is -0.288. The summed E-state index contributed by atoms with van der Waals surface area (Å²) in [6.45, 7) is 2.91. The number of hydrogen-bond acceptors (Lipinski definition) is 3. The van der Waals surface area contributed by atoms with E-state index in [4.69, 9.17) is 27.9 Å². The van der Waals surface area contributed by atoms with Crippen LogP contribution in [0.15, 0.2) is 42.5 Å². The fraction of sp³-hybridized carbons (Fsp3) is 0.316. The highest BCUT2D eigenvalue weighted by atomic mass is 35.5. The van der Waals surface area contributed by atoms with Crippen molar-refractivity contribution in [3.63, 3.8) is 0 Å². The molecule has 7 heteroatoms. The predicted molar refractivity (Wildman–Crippen MR) is 101 cm³/mol. The molecule has 138 valence electrons. The van der Waals surface area contributed by atoms with Gasteiger partial charge in [0, 0.05) is 31.2 Å². The molecule has 0 unspecified atom stereocenters. The molecule has 0 radical (unpaired) electrons. The lowest BCUT2D eigenvalue weighted by molar-refractivity contribution is -0.136. The molecule has 1 amide bonds. The highest BCUT2D eigenvalue weighted by Crippen LogP contribution is 2.29. The Balaban J connectivity index is 1.45. The maximum atomic E-state index is 12.9. The van der Waals surface area contributed by atoms with Crippen molar-refractivity contribution in [1.29, 1.82) is 0 Å². The van der Waals surface area contributed by atoms with Crippen LogP contribution in [0.5, 0.6) is 0 Å². The summed E-state index contributed by atoms with van der Waals surface area (Å²) in [5.74, 6) is -0.336. The van der Waals surface area contributed by atoms with Crippen LogP contribution >= 0.6 is 23.2 Å². The van der Waals surface area contributed by atoms with Crippen molar-refractivity contribution in [3.05, 3.63) is 63.9 Å². The molecule has 1 aliphatic rings. The second-order valence-electron chi connectivity index (χ2n) is 6.08. The van der Waals surface area contributed by atoms with E-state index in [0.717, 1.165) is 11.3 Å². The number of amides is 1. The molecule has 0 saturated carbocycles. The zero-order chi connectivity index (χ0) is 18.5. The molecule has 0 bridgehead atoms. The largest absolute Gasteiger partial charge is 0.367 e. The van der Waals surface area contributed by atoms with Gasteiger partial charge >= 0.3 is 0 Å². The SMILES string of the molecule is O=C(COCc1ccc(F)cc1)N1CCN(c2ccc(Cl)cc2Cl)CC1. The van der Waals surface area contributed by atoms with Crippen molar-refractivity contribution in [2.24, 2.45) is 0 Å². The summed E-state index contributed by atoms with van der Waals surface area (Å²) in [4.78, 5) is 16.2. The van der Waals surface area contributed by atoms with Crippen LogP contribution in [0.1, 0.15) is 5.56 Å². The molecule has 1 saturated heterocycles. The van der Waals surface area contributed by atoms with Gasteiger partial charge in [-0.1, -0.05) is 35.3 Å². The van der Waals surface area contributed by atoms with E-state index >= 15 is 0 Å². The van der Waals surface area contributed by atoms with Crippen LogP contribution in [-0.2, 0) is 16.1 Å². The molecule has 1 aliphatic heterocycles. The van der Waals surface area contributed by atoms with E-state index in [9.17, 15) is 9.18 Å². The molecule has 1 heterocycles. The second kappa shape index (κ2) is 8.71. The van der Waals surface area contributed by atoms with Gasteiger partial charge in [-0.25, -0.2) is 4.39 Å². The molecule has 0 N–H and O–H groups in total. The number of halogens is 3. The van der Waals surface area contributed by atoms with Crippen molar-refractivity contribution in [3.8, 4) is 0 Å². The van der Waals surface area contributed by atoms with E-state index in [2.05, 4.69) is 4.90 Å². The van der Waals surface area contributed by atoms with E-state index in [0.29, 0.717) is 36.2 Å². The van der Waals surface area contributed by atoms with Crippen LogP contribution in [0.3, 0.4) is 0 Å². The maximum Gasteiger partial charge on any atom is 0.248 e. The van der Waals surface area contributed by atoms with Crippen LogP contribution in [0, 0.1) is 5.82 Å². The summed E-state index contributed by atoms with van der Waals surface area (Å²) in [6.07, 6.45) is 0. The maximum absolute atomic E-state index is 12.9. The van der Waals surface area contributed by atoms with Crippen LogP contribution in [-0.4, -0.2) is 43.6 Å². The average Bonchev–Trinajstić information content (AvgIpc) is 2.63. The van der Waals surface area contributed by atoms with Gasteiger partial charge in [-0.15, -0.1) is 0 Å². The number of benzene rings is 2. The molecule has 3 rings (SSSR count). The fourth-order valence-corrected chi connectivity index (χ4v) is 3.39. The number of anilines is 1. The van der Waals surface area contributed by atoms with E-state index in [-0.39, 0.29) is 24.9 Å². The minimum Gasteiger partial charge on any atom is -0.367 e. The van der Waals surface area contributed by atoms with Gasteiger partial charge in [-0.05, 0) is 35.9 Å². The number of carbonyl (C=O) groups excluding carboxylic acids is 1. The topological polar surface area (TPSA) is 32.8 Å². The quantitative estimate of drug-likeness (QED) is 0.765. The number of piperazine rings is 1. The highest BCUT2D eigenvalue weighted by molar-refractivity contribution is 6.36. The smallest absolute Gasteiger partial charge is 0.248 e. The molecular weight excluding hydrogens is 378 g/mol. The van der Waals surface area contributed by atoms with E-state index in [1.54, 1.807) is 23.1 Å². The molecule has 0 aromatic heterocycles. The van der Waals surface area contributed by atoms with Crippen LogP contribution in [0.25, 0.3) is 0 Å². The molecule has 0 aliphatic carbocycles. The van der Waals surface area contributed by atoms with Crippen molar-refractivity contribution in [2.75, 3.05) is 37.7 Å². The lowest BCUT2D eigenvalue weighted by Crippen LogP contribution is -2.49. The summed E-state index contributed by atoms with van der Waals surface area (Å²) in [7, 11) is 0. The third kappa shape index (κ3) is 4.87. The second-order valence-corrected chi connectivity index (χ2v) is 6.93. The average molecular weight is 397 g/mol. The zero-order valence-corrected chi connectivity index (χ0v) is 15.6. The van der Waals surface area contributed by atoms with E-state index < -0.39 is 0 Å². The Kier molecular flexibility index (Phi) is 6.35. The molecule has 0 atom stereocenters. The highest BCUT2D eigenvalue weighted by Gasteiger charge is 2.22. The van der Waals surface area contributed by atoms with Gasteiger partial charge in [0.1, 0.15) is 12.4 Å². The molecule has 0 spiro atoms. The molecule has 4 nitrogen and oxygen atoms in total. The summed E-state index contributed by atoms with van der Waals surface area (Å²) >= 11 is 12.2. The van der Waals surface area contributed by atoms with Gasteiger partial charge in [-0.3, -0.25) is 4.79 Å². The first-order chi connectivity index (χ1) is 12.5. The summed E-state index contributed by atoms with van der Waals surface area (Å²) in [5.41, 5.74) is 1.76. The van der Waals surface area contributed by atoms with E-state index in [1.807, 2.05) is 12.1 Å².